The zero-order chi connectivity index (χ0) is 11.4. The maximum Gasteiger partial charge on any atom is 0.188 e. The molecule has 0 amide bonds. The van der Waals surface area contributed by atoms with Crippen molar-refractivity contribution in [1.29, 1.82) is 0 Å². The van der Waals surface area contributed by atoms with Gasteiger partial charge in [0.2, 0.25) is 0 Å². The second-order valence-corrected chi connectivity index (χ2v) is 4.24. The third kappa shape index (κ3) is 3.22. The van der Waals surface area contributed by atoms with Crippen LogP contribution in [0.3, 0.4) is 0 Å². The minimum atomic E-state index is 0.575. The first-order chi connectivity index (χ1) is 7.75. The van der Waals surface area contributed by atoms with Crippen LogP contribution in [0.15, 0.2) is 23.5 Å². The molecule has 1 aliphatic carbocycles. The molecule has 0 saturated heterocycles. The summed E-state index contributed by atoms with van der Waals surface area (Å²) in [6, 6.07) is 2.61. The summed E-state index contributed by atoms with van der Waals surface area (Å²) in [5.74, 6) is 0.578. The highest BCUT2D eigenvalue weighted by atomic mass is 15.1. The highest BCUT2D eigenvalue weighted by molar-refractivity contribution is 5.78. The molecule has 0 aliphatic heterocycles. The highest BCUT2D eigenvalue weighted by Gasteiger charge is 2.21. The van der Waals surface area contributed by atoms with E-state index in [0.29, 0.717) is 12.0 Å². The van der Waals surface area contributed by atoms with Crippen molar-refractivity contribution in [2.75, 3.05) is 6.54 Å². The van der Waals surface area contributed by atoms with Gasteiger partial charge in [0.1, 0.15) is 0 Å². The molecule has 3 N–H and O–H groups in total. The molecule has 2 rings (SSSR count). The number of nitrogens with two attached hydrogens (primary N) is 1. The molecule has 1 fully saturated rings. The van der Waals surface area contributed by atoms with Crippen molar-refractivity contribution in [3.63, 3.8) is 0 Å². The van der Waals surface area contributed by atoms with Gasteiger partial charge in [-0.1, -0.05) is 0 Å². The van der Waals surface area contributed by atoms with Crippen molar-refractivity contribution in [1.82, 2.24) is 10.3 Å². The van der Waals surface area contributed by atoms with Gasteiger partial charge in [-0.15, -0.1) is 0 Å². The van der Waals surface area contributed by atoms with Crippen molar-refractivity contribution in [3.8, 4) is 0 Å². The molecule has 4 nitrogen and oxygen atoms in total. The topological polar surface area (TPSA) is 63.3 Å². The molecule has 86 valence electrons. The Hall–Kier alpha value is -1.58. The summed E-state index contributed by atoms with van der Waals surface area (Å²) < 4.78 is 0. The highest BCUT2D eigenvalue weighted by Crippen LogP contribution is 2.17. The second kappa shape index (κ2) is 4.96. The Kier molecular flexibility index (Phi) is 3.39. The summed E-state index contributed by atoms with van der Waals surface area (Å²) in [4.78, 5) is 8.37. The summed E-state index contributed by atoms with van der Waals surface area (Å²) in [6.45, 7) is 2.80. The largest absolute Gasteiger partial charge is 0.370 e. The molecule has 0 atom stereocenters. The normalized spacial score (nSPS) is 16.2. The predicted octanol–water partition coefficient (Wildman–Crippen LogP) is 0.999. The van der Waals surface area contributed by atoms with E-state index in [1.807, 2.05) is 18.5 Å². The summed E-state index contributed by atoms with van der Waals surface area (Å²) >= 11 is 0. The lowest BCUT2D eigenvalue weighted by molar-refractivity contribution is 0.868. The minimum Gasteiger partial charge on any atom is -0.370 e. The molecule has 1 heterocycles. The molecule has 1 aromatic heterocycles. The molecular formula is C12H18N4. The van der Waals surface area contributed by atoms with Crippen LogP contribution < -0.4 is 11.1 Å². The van der Waals surface area contributed by atoms with Gasteiger partial charge in [-0.2, -0.15) is 0 Å². The number of aliphatic imine (C=N–C) groups is 1. The first-order valence-electron chi connectivity index (χ1n) is 5.71. The molecule has 0 spiro atoms. The summed E-state index contributed by atoms with van der Waals surface area (Å²) in [6.07, 6.45) is 7.06. The van der Waals surface area contributed by atoms with E-state index in [4.69, 9.17) is 5.73 Å². The van der Waals surface area contributed by atoms with Crippen LogP contribution in [0.5, 0.6) is 0 Å². The Morgan fingerprint density at radius 2 is 2.44 bits per heavy atom. The van der Waals surface area contributed by atoms with Gasteiger partial charge in [-0.3, -0.25) is 9.98 Å². The fraction of sp³-hybridized carbons (Fsp3) is 0.500. The van der Waals surface area contributed by atoms with E-state index >= 15 is 0 Å². The van der Waals surface area contributed by atoms with E-state index in [0.717, 1.165) is 13.0 Å². The lowest BCUT2D eigenvalue weighted by Crippen LogP contribution is -2.33. The van der Waals surface area contributed by atoms with Gasteiger partial charge in [-0.05, 0) is 43.4 Å². The Morgan fingerprint density at radius 1 is 1.62 bits per heavy atom. The third-order valence-corrected chi connectivity index (χ3v) is 2.73. The number of hydrogen-bond acceptors (Lipinski definition) is 2. The van der Waals surface area contributed by atoms with Crippen molar-refractivity contribution >= 4 is 5.96 Å². The molecule has 1 aromatic rings. The molecule has 0 aromatic carbocycles. The van der Waals surface area contributed by atoms with Gasteiger partial charge < -0.3 is 11.1 Å². The van der Waals surface area contributed by atoms with E-state index in [1.54, 1.807) is 0 Å². The summed E-state index contributed by atoms with van der Waals surface area (Å²) in [5, 5.41) is 3.17. The van der Waals surface area contributed by atoms with Gasteiger partial charge in [0.15, 0.2) is 5.96 Å². The van der Waals surface area contributed by atoms with E-state index in [-0.39, 0.29) is 0 Å². The molecule has 0 bridgehead atoms. The molecule has 0 unspecified atom stereocenters. The van der Waals surface area contributed by atoms with E-state index < -0.39 is 0 Å². The number of rotatable bonds is 4. The average Bonchev–Trinajstić information content (AvgIpc) is 3.05. The number of guanidine groups is 1. The molecule has 1 saturated carbocycles. The zero-order valence-electron chi connectivity index (χ0n) is 9.61. The maximum absolute atomic E-state index is 5.74. The predicted molar refractivity (Wildman–Crippen MR) is 65.3 cm³/mol. The van der Waals surface area contributed by atoms with Gasteiger partial charge >= 0.3 is 0 Å². The van der Waals surface area contributed by atoms with E-state index in [2.05, 4.69) is 22.2 Å². The molecule has 4 heteroatoms. The first-order valence-corrected chi connectivity index (χ1v) is 5.71. The van der Waals surface area contributed by atoms with E-state index in [1.165, 1.54) is 24.0 Å². The fourth-order valence-electron chi connectivity index (χ4n) is 1.56. The molecule has 16 heavy (non-hydrogen) atoms. The molecule has 1 aliphatic rings. The van der Waals surface area contributed by atoms with Gasteiger partial charge in [0.05, 0.1) is 0 Å². The van der Waals surface area contributed by atoms with E-state index in [9.17, 15) is 0 Å². The quantitative estimate of drug-likeness (QED) is 0.585. The van der Waals surface area contributed by atoms with Gasteiger partial charge in [-0.25, -0.2) is 0 Å². The van der Waals surface area contributed by atoms with Crippen molar-refractivity contribution < 1.29 is 0 Å². The van der Waals surface area contributed by atoms with Gasteiger partial charge in [0.25, 0.3) is 0 Å². The standard InChI is InChI=1S/C12H18N4/c1-9-8-14-6-4-10(9)5-7-15-12(13)16-11-2-3-11/h4,6,8,11H,2-3,5,7H2,1H3,(H3,13,15,16). The number of nitrogens with one attached hydrogen (secondary N) is 1. The van der Waals surface area contributed by atoms with Crippen molar-refractivity contribution in [2.24, 2.45) is 10.7 Å². The Labute approximate surface area is 96.0 Å². The van der Waals surface area contributed by atoms with Crippen molar-refractivity contribution in [3.05, 3.63) is 29.6 Å². The number of nitrogens with zero attached hydrogens (tertiary/aromatic N) is 2. The number of aryl methyl sites for hydroxylation is 1. The summed E-state index contributed by atoms with van der Waals surface area (Å²) in [7, 11) is 0. The molecular weight excluding hydrogens is 200 g/mol. The SMILES string of the molecule is Cc1cnccc1CCN=C(N)NC1CC1. The number of pyridine rings is 1. The van der Waals surface area contributed by atoms with Gasteiger partial charge in [0, 0.05) is 25.0 Å². The Bertz CT molecular complexity index is 382. The number of aromatic nitrogens is 1. The lowest BCUT2D eigenvalue weighted by atomic mass is 10.1. The van der Waals surface area contributed by atoms with Crippen LogP contribution in [0.1, 0.15) is 24.0 Å². The summed E-state index contributed by atoms with van der Waals surface area (Å²) in [5.41, 5.74) is 8.25. The van der Waals surface area contributed by atoms with Crippen LogP contribution >= 0.6 is 0 Å². The molecule has 0 radical (unpaired) electrons. The van der Waals surface area contributed by atoms with Crippen LogP contribution in [0.25, 0.3) is 0 Å². The number of hydrogen-bond donors (Lipinski definition) is 2. The third-order valence-electron chi connectivity index (χ3n) is 2.73. The average molecular weight is 218 g/mol. The van der Waals surface area contributed by atoms with Crippen molar-refractivity contribution in [2.45, 2.75) is 32.2 Å². The Balaban J connectivity index is 1.80. The minimum absolute atomic E-state index is 0.575. The monoisotopic (exact) mass is 218 g/mol. The van der Waals surface area contributed by atoms with Crippen LogP contribution in [0.2, 0.25) is 0 Å². The maximum atomic E-state index is 5.74. The van der Waals surface area contributed by atoms with Crippen LogP contribution in [-0.2, 0) is 6.42 Å². The zero-order valence-corrected chi connectivity index (χ0v) is 9.61. The first kappa shape index (κ1) is 10.9. The van der Waals surface area contributed by atoms with Crippen LogP contribution in [0.4, 0.5) is 0 Å². The lowest BCUT2D eigenvalue weighted by Gasteiger charge is -2.04. The fourth-order valence-corrected chi connectivity index (χ4v) is 1.56. The smallest absolute Gasteiger partial charge is 0.188 e. The second-order valence-electron chi connectivity index (χ2n) is 4.24. The van der Waals surface area contributed by atoms with Crippen LogP contribution in [0, 0.1) is 6.92 Å². The van der Waals surface area contributed by atoms with Crippen LogP contribution in [-0.4, -0.2) is 23.5 Å². The Morgan fingerprint density at radius 3 is 3.12 bits per heavy atom.